The van der Waals surface area contributed by atoms with Gasteiger partial charge in [0.25, 0.3) is 0 Å². The topological polar surface area (TPSA) is 17.1 Å². The van der Waals surface area contributed by atoms with E-state index in [-0.39, 0.29) is 0 Å². The van der Waals surface area contributed by atoms with Crippen molar-refractivity contribution in [2.75, 3.05) is 0 Å². The normalized spacial score (nSPS) is 11.2. The maximum Gasteiger partial charge on any atom is 0.132 e. The molecule has 0 unspecified atom stereocenters. The molecular weight excluding hydrogens is 232 g/mol. The van der Waals surface area contributed by atoms with Gasteiger partial charge in [0, 0.05) is 12.8 Å². The number of ketones is 1. The fourth-order valence-electron chi connectivity index (χ4n) is 2.47. The summed E-state index contributed by atoms with van der Waals surface area (Å²) in [6.07, 6.45) is 15.9. The van der Waals surface area contributed by atoms with Crippen LogP contribution in [0.1, 0.15) is 104 Å². The van der Waals surface area contributed by atoms with Crippen LogP contribution in [0.3, 0.4) is 0 Å². The van der Waals surface area contributed by atoms with Crippen LogP contribution < -0.4 is 0 Å². The van der Waals surface area contributed by atoms with Gasteiger partial charge < -0.3 is 0 Å². The Labute approximate surface area is 121 Å². The first-order valence-electron chi connectivity index (χ1n) is 8.68. The fraction of sp³-hybridized carbons (Fsp3) is 0.944. The van der Waals surface area contributed by atoms with Crippen LogP contribution in [0.25, 0.3) is 0 Å². The van der Waals surface area contributed by atoms with Crippen LogP contribution >= 0.6 is 0 Å². The van der Waals surface area contributed by atoms with E-state index in [1.54, 1.807) is 0 Å². The summed E-state index contributed by atoms with van der Waals surface area (Å²) in [5.74, 6) is 1.23. The summed E-state index contributed by atoms with van der Waals surface area (Å²) in [7, 11) is 0. The van der Waals surface area contributed by atoms with Gasteiger partial charge in [-0.3, -0.25) is 4.79 Å². The van der Waals surface area contributed by atoms with Crippen molar-refractivity contribution < 1.29 is 4.79 Å². The van der Waals surface area contributed by atoms with Crippen LogP contribution in [0, 0.1) is 5.92 Å². The second-order valence-corrected chi connectivity index (χ2v) is 6.40. The van der Waals surface area contributed by atoms with E-state index < -0.39 is 0 Å². The highest BCUT2D eigenvalue weighted by Crippen LogP contribution is 2.12. The Hall–Kier alpha value is -0.330. The van der Waals surface area contributed by atoms with Crippen molar-refractivity contribution in [3.8, 4) is 0 Å². The number of carbonyl (C=O) groups excluding carboxylic acids is 1. The molecule has 1 nitrogen and oxygen atoms in total. The molecule has 0 aliphatic rings. The second kappa shape index (κ2) is 14.1. The molecule has 0 aromatic carbocycles. The van der Waals surface area contributed by atoms with Crippen molar-refractivity contribution in [2.45, 2.75) is 104 Å². The van der Waals surface area contributed by atoms with Gasteiger partial charge in [0.2, 0.25) is 0 Å². The van der Waals surface area contributed by atoms with Crippen LogP contribution in [0.5, 0.6) is 0 Å². The van der Waals surface area contributed by atoms with Gasteiger partial charge in [0.1, 0.15) is 5.78 Å². The molecule has 0 atom stereocenters. The molecule has 0 radical (unpaired) electrons. The third-order valence-corrected chi connectivity index (χ3v) is 3.80. The van der Waals surface area contributed by atoms with Gasteiger partial charge in [-0.1, -0.05) is 78.6 Å². The first kappa shape index (κ1) is 18.7. The number of unbranched alkanes of at least 4 members (excludes halogenated alkanes) is 8. The lowest BCUT2D eigenvalue weighted by Gasteiger charge is -2.04. The Morgan fingerprint density at radius 3 is 1.74 bits per heavy atom. The van der Waals surface area contributed by atoms with Crippen molar-refractivity contribution >= 4 is 5.78 Å². The van der Waals surface area contributed by atoms with Crippen LogP contribution in [0.2, 0.25) is 0 Å². The number of rotatable bonds is 14. The summed E-state index contributed by atoms with van der Waals surface area (Å²) >= 11 is 0. The van der Waals surface area contributed by atoms with Crippen LogP contribution in [-0.2, 0) is 4.79 Å². The van der Waals surface area contributed by atoms with Crippen molar-refractivity contribution in [1.29, 1.82) is 0 Å². The summed E-state index contributed by atoms with van der Waals surface area (Å²) < 4.78 is 0. The molecule has 0 saturated heterocycles. The van der Waals surface area contributed by atoms with Gasteiger partial charge in [-0.2, -0.15) is 0 Å². The number of carbonyl (C=O) groups is 1. The Morgan fingerprint density at radius 2 is 1.21 bits per heavy atom. The van der Waals surface area contributed by atoms with E-state index in [1.807, 2.05) is 0 Å². The molecule has 0 heterocycles. The molecule has 0 saturated carbocycles. The van der Waals surface area contributed by atoms with Gasteiger partial charge in [0.15, 0.2) is 0 Å². The average molecular weight is 268 g/mol. The molecule has 0 aliphatic heterocycles. The van der Waals surface area contributed by atoms with E-state index in [2.05, 4.69) is 20.8 Å². The fourth-order valence-corrected chi connectivity index (χ4v) is 2.47. The molecule has 0 aliphatic carbocycles. The van der Waals surface area contributed by atoms with Crippen molar-refractivity contribution in [2.24, 2.45) is 5.92 Å². The van der Waals surface area contributed by atoms with Crippen molar-refractivity contribution in [1.82, 2.24) is 0 Å². The molecule has 0 rings (SSSR count). The van der Waals surface area contributed by atoms with Crippen molar-refractivity contribution in [3.63, 3.8) is 0 Å². The van der Waals surface area contributed by atoms with Gasteiger partial charge in [-0.15, -0.1) is 0 Å². The molecule has 0 fully saturated rings. The van der Waals surface area contributed by atoms with Gasteiger partial charge >= 0.3 is 0 Å². The van der Waals surface area contributed by atoms with E-state index >= 15 is 0 Å². The minimum Gasteiger partial charge on any atom is -0.300 e. The molecule has 0 bridgehead atoms. The summed E-state index contributed by atoms with van der Waals surface area (Å²) in [6.45, 7) is 6.72. The minimum absolute atomic E-state index is 0.489. The quantitative estimate of drug-likeness (QED) is 0.338. The highest BCUT2D eigenvalue weighted by atomic mass is 16.1. The Morgan fingerprint density at radius 1 is 0.737 bits per heavy atom. The molecule has 114 valence electrons. The molecule has 1 heteroatoms. The lowest BCUT2D eigenvalue weighted by Crippen LogP contribution is -1.99. The predicted molar refractivity (Wildman–Crippen MR) is 85.5 cm³/mol. The number of hydrogen-bond acceptors (Lipinski definition) is 1. The monoisotopic (exact) mass is 268 g/mol. The van der Waals surface area contributed by atoms with Gasteiger partial charge in [-0.05, 0) is 18.8 Å². The second-order valence-electron chi connectivity index (χ2n) is 6.40. The van der Waals surface area contributed by atoms with Crippen LogP contribution in [0.4, 0.5) is 0 Å². The van der Waals surface area contributed by atoms with Gasteiger partial charge in [0.05, 0.1) is 0 Å². The highest BCUT2D eigenvalue weighted by molar-refractivity contribution is 5.78. The molecule has 0 aromatic heterocycles. The highest BCUT2D eigenvalue weighted by Gasteiger charge is 2.02. The molecule has 19 heavy (non-hydrogen) atoms. The van der Waals surface area contributed by atoms with E-state index in [4.69, 9.17) is 0 Å². The number of hydrogen-bond donors (Lipinski definition) is 0. The van der Waals surface area contributed by atoms with E-state index in [1.165, 1.54) is 57.8 Å². The predicted octanol–water partition coefficient (Wildman–Crippen LogP) is 6.30. The lowest BCUT2D eigenvalue weighted by atomic mass is 10.0. The molecule has 0 amide bonds. The van der Waals surface area contributed by atoms with E-state index in [0.717, 1.165) is 31.6 Å². The van der Waals surface area contributed by atoms with Gasteiger partial charge in [-0.25, -0.2) is 0 Å². The maximum atomic E-state index is 11.6. The number of Topliss-reactive ketones (excluding diaryl/α,β-unsaturated/α-hetero) is 1. The van der Waals surface area contributed by atoms with E-state index in [9.17, 15) is 4.79 Å². The van der Waals surface area contributed by atoms with E-state index in [0.29, 0.717) is 5.78 Å². The zero-order valence-corrected chi connectivity index (χ0v) is 13.7. The smallest absolute Gasteiger partial charge is 0.132 e. The Bertz CT molecular complexity index is 196. The summed E-state index contributed by atoms with van der Waals surface area (Å²) in [6, 6.07) is 0. The van der Waals surface area contributed by atoms with Crippen molar-refractivity contribution in [3.05, 3.63) is 0 Å². The maximum absolute atomic E-state index is 11.6. The minimum atomic E-state index is 0.489. The molecule has 0 aromatic rings. The molecule has 0 N–H and O–H groups in total. The molecule has 0 spiro atoms. The Balaban J connectivity index is 3.14. The summed E-state index contributed by atoms with van der Waals surface area (Å²) in [5.41, 5.74) is 0. The SMILES string of the molecule is CCCCCCCCCCCC(=O)CCCC(C)C. The zero-order valence-electron chi connectivity index (χ0n) is 13.7. The molecular formula is C18H36O. The average Bonchev–Trinajstić information content (AvgIpc) is 2.36. The third kappa shape index (κ3) is 15.6. The standard InChI is InChI=1S/C18H36O/c1-4-5-6-7-8-9-10-11-12-15-18(19)16-13-14-17(2)3/h17H,4-16H2,1-3H3. The lowest BCUT2D eigenvalue weighted by molar-refractivity contribution is -0.119. The first-order valence-corrected chi connectivity index (χ1v) is 8.68. The van der Waals surface area contributed by atoms with Crippen LogP contribution in [-0.4, -0.2) is 5.78 Å². The Kier molecular flexibility index (Phi) is 13.8. The summed E-state index contributed by atoms with van der Waals surface area (Å²) in [5, 5.41) is 0. The summed E-state index contributed by atoms with van der Waals surface area (Å²) in [4.78, 5) is 11.6. The van der Waals surface area contributed by atoms with Crippen LogP contribution in [0.15, 0.2) is 0 Å². The zero-order chi connectivity index (χ0) is 14.3. The first-order chi connectivity index (χ1) is 9.16. The third-order valence-electron chi connectivity index (χ3n) is 3.80. The largest absolute Gasteiger partial charge is 0.300 e.